The molecule has 210 valence electrons. The highest BCUT2D eigenvalue weighted by Gasteiger charge is 2.47. The summed E-state index contributed by atoms with van der Waals surface area (Å²) in [5, 5.41) is 3.38. The van der Waals surface area contributed by atoms with Gasteiger partial charge in [-0.2, -0.15) is 0 Å². The Morgan fingerprint density at radius 1 is 1.21 bits per heavy atom. The molecule has 3 fully saturated rings. The van der Waals surface area contributed by atoms with Gasteiger partial charge in [0.2, 0.25) is 5.91 Å². The lowest BCUT2D eigenvalue weighted by atomic mass is 9.72. The predicted molar refractivity (Wildman–Crippen MR) is 146 cm³/mol. The van der Waals surface area contributed by atoms with E-state index in [0.29, 0.717) is 18.1 Å². The lowest BCUT2D eigenvalue weighted by molar-refractivity contribution is -0.136. The number of amides is 2. The van der Waals surface area contributed by atoms with Gasteiger partial charge in [-0.3, -0.25) is 9.59 Å². The van der Waals surface area contributed by atoms with Crippen molar-refractivity contribution in [3.63, 3.8) is 0 Å². The van der Waals surface area contributed by atoms with E-state index in [2.05, 4.69) is 20.2 Å². The van der Waals surface area contributed by atoms with Gasteiger partial charge in [-0.05, 0) is 71.2 Å². The molecule has 9 nitrogen and oxygen atoms in total. The summed E-state index contributed by atoms with van der Waals surface area (Å²) in [4.78, 5) is 40.7. The Bertz CT molecular complexity index is 1190. The molecule has 0 aliphatic carbocycles. The first-order valence-corrected chi connectivity index (χ1v) is 14.2. The molecule has 3 aliphatic rings. The fraction of sp³-hybridized carbons (Fsp3) is 0.586. The largest absolute Gasteiger partial charge is 0.451 e. The number of nitrogens with one attached hydrogen (secondary N) is 1. The number of hydrogen-bond acceptors (Lipinski definition) is 7. The van der Waals surface area contributed by atoms with Crippen molar-refractivity contribution in [1.29, 1.82) is 0 Å². The molecule has 5 rings (SSSR count). The van der Waals surface area contributed by atoms with Gasteiger partial charge in [-0.1, -0.05) is 6.42 Å². The first-order valence-electron chi connectivity index (χ1n) is 14.2. The summed E-state index contributed by atoms with van der Waals surface area (Å²) >= 11 is 0. The Morgan fingerprint density at radius 2 is 1.97 bits per heavy atom. The minimum Gasteiger partial charge on any atom is -0.451 e. The van der Waals surface area contributed by atoms with E-state index in [1.807, 2.05) is 25.7 Å². The number of rotatable bonds is 7. The molecule has 1 aromatic heterocycles. The number of piperidine rings is 2. The van der Waals surface area contributed by atoms with Crippen molar-refractivity contribution in [2.24, 2.45) is 5.41 Å². The number of aromatic nitrogens is 2. The number of likely N-dealkylation sites (tertiary alicyclic amines) is 1. The van der Waals surface area contributed by atoms with Gasteiger partial charge in [-0.15, -0.1) is 0 Å². The van der Waals surface area contributed by atoms with Crippen LogP contribution in [0.2, 0.25) is 0 Å². The number of ether oxygens (including phenoxy) is 1. The standard InChI is InChI=1S/C29H39FN6O3/c1-4-36(20(2)3)27(37)22-15-21(30)8-9-24(22)39-25-16-31-19-33-26(25)35-17-29(18-35)10-13-34(14-11-29)28(38)23-7-5-6-12-32-23/h8-9,15-16,19-20,23,32H,4-7,10-14,17-18H2,1-3H3/t23-/m0/s1. The molecular formula is C29H39FN6O3. The molecule has 0 unspecified atom stereocenters. The molecule has 1 spiro atoms. The van der Waals surface area contributed by atoms with Crippen LogP contribution in [-0.2, 0) is 4.79 Å². The normalized spacial score (nSPS) is 20.6. The van der Waals surface area contributed by atoms with Crippen LogP contribution in [0.4, 0.5) is 10.2 Å². The minimum absolute atomic E-state index is 0.0282. The predicted octanol–water partition coefficient (Wildman–Crippen LogP) is 3.85. The minimum atomic E-state index is -0.496. The van der Waals surface area contributed by atoms with Gasteiger partial charge in [0.1, 0.15) is 17.9 Å². The zero-order valence-corrected chi connectivity index (χ0v) is 23.2. The molecule has 1 atom stereocenters. The summed E-state index contributed by atoms with van der Waals surface area (Å²) in [5.41, 5.74) is 0.319. The van der Waals surface area contributed by atoms with E-state index < -0.39 is 5.82 Å². The second-order valence-electron chi connectivity index (χ2n) is 11.3. The second kappa shape index (κ2) is 11.5. The zero-order valence-electron chi connectivity index (χ0n) is 23.2. The fourth-order valence-corrected chi connectivity index (χ4v) is 6.11. The van der Waals surface area contributed by atoms with E-state index in [0.717, 1.165) is 64.8 Å². The monoisotopic (exact) mass is 538 g/mol. The average Bonchev–Trinajstić information content (AvgIpc) is 2.93. The maximum atomic E-state index is 14.2. The third-order valence-corrected chi connectivity index (χ3v) is 8.37. The topological polar surface area (TPSA) is 90.9 Å². The number of carbonyl (C=O) groups is 2. The molecule has 1 aromatic carbocycles. The molecule has 2 aromatic rings. The molecule has 4 heterocycles. The fourth-order valence-electron chi connectivity index (χ4n) is 6.11. The highest BCUT2D eigenvalue weighted by molar-refractivity contribution is 5.97. The Kier molecular flexibility index (Phi) is 8.02. The molecule has 3 aliphatic heterocycles. The van der Waals surface area contributed by atoms with Gasteiger partial charge in [0, 0.05) is 44.2 Å². The summed E-state index contributed by atoms with van der Waals surface area (Å²) in [5.74, 6) is 0.818. The number of anilines is 1. The van der Waals surface area contributed by atoms with Crippen LogP contribution in [0.3, 0.4) is 0 Å². The van der Waals surface area contributed by atoms with Gasteiger partial charge in [0.25, 0.3) is 5.91 Å². The van der Waals surface area contributed by atoms with Gasteiger partial charge in [-0.25, -0.2) is 14.4 Å². The zero-order chi connectivity index (χ0) is 27.6. The van der Waals surface area contributed by atoms with Gasteiger partial charge < -0.3 is 24.8 Å². The quantitative estimate of drug-likeness (QED) is 0.573. The number of benzene rings is 1. The van der Waals surface area contributed by atoms with E-state index in [1.165, 1.54) is 24.5 Å². The lowest BCUT2D eigenvalue weighted by Crippen LogP contribution is -2.62. The van der Waals surface area contributed by atoms with Crippen LogP contribution < -0.4 is 15.0 Å². The third-order valence-electron chi connectivity index (χ3n) is 8.37. The smallest absolute Gasteiger partial charge is 0.257 e. The first-order chi connectivity index (χ1) is 18.8. The van der Waals surface area contributed by atoms with Crippen LogP contribution in [0.5, 0.6) is 11.5 Å². The van der Waals surface area contributed by atoms with Crippen LogP contribution in [0, 0.1) is 11.2 Å². The van der Waals surface area contributed by atoms with Crippen molar-refractivity contribution in [2.45, 2.75) is 65.0 Å². The van der Waals surface area contributed by atoms with E-state index in [4.69, 9.17) is 4.74 Å². The number of nitrogens with zero attached hydrogens (tertiary/aromatic N) is 5. The Balaban J connectivity index is 1.26. The maximum absolute atomic E-state index is 14.2. The highest BCUT2D eigenvalue weighted by atomic mass is 19.1. The molecule has 0 bridgehead atoms. The maximum Gasteiger partial charge on any atom is 0.257 e. The second-order valence-corrected chi connectivity index (χ2v) is 11.3. The molecule has 39 heavy (non-hydrogen) atoms. The molecule has 3 saturated heterocycles. The summed E-state index contributed by atoms with van der Waals surface area (Å²) < 4.78 is 20.4. The molecule has 1 N–H and O–H groups in total. The molecule has 0 saturated carbocycles. The van der Waals surface area contributed by atoms with E-state index in [1.54, 1.807) is 11.1 Å². The van der Waals surface area contributed by atoms with Crippen LogP contribution in [0.1, 0.15) is 63.2 Å². The van der Waals surface area contributed by atoms with Gasteiger partial charge in [0.05, 0.1) is 17.8 Å². The summed E-state index contributed by atoms with van der Waals surface area (Å²) in [6.07, 6.45) is 8.18. The Hall–Kier alpha value is -3.27. The summed E-state index contributed by atoms with van der Waals surface area (Å²) in [6, 6.07) is 3.94. The first kappa shape index (κ1) is 27.3. The molecule has 2 amide bonds. The van der Waals surface area contributed by atoms with E-state index in [-0.39, 0.29) is 40.6 Å². The van der Waals surface area contributed by atoms with Crippen molar-refractivity contribution < 1.29 is 18.7 Å². The van der Waals surface area contributed by atoms with Crippen LogP contribution in [0.25, 0.3) is 0 Å². The van der Waals surface area contributed by atoms with Crippen molar-refractivity contribution in [3.05, 3.63) is 42.1 Å². The van der Waals surface area contributed by atoms with Gasteiger partial charge in [0.15, 0.2) is 11.6 Å². The number of hydrogen-bond donors (Lipinski definition) is 1. The highest BCUT2D eigenvalue weighted by Crippen LogP contribution is 2.45. The lowest BCUT2D eigenvalue weighted by Gasteiger charge is -2.54. The average molecular weight is 539 g/mol. The van der Waals surface area contributed by atoms with Crippen LogP contribution in [-0.4, -0.2) is 82.9 Å². The van der Waals surface area contributed by atoms with Crippen molar-refractivity contribution in [1.82, 2.24) is 25.1 Å². The summed E-state index contributed by atoms with van der Waals surface area (Å²) in [7, 11) is 0. The number of halogens is 1. The van der Waals surface area contributed by atoms with Crippen molar-refractivity contribution in [2.75, 3.05) is 44.2 Å². The number of carbonyl (C=O) groups excluding carboxylic acids is 2. The van der Waals surface area contributed by atoms with Crippen LogP contribution in [0.15, 0.2) is 30.7 Å². The SMILES string of the molecule is CCN(C(=O)c1cc(F)ccc1Oc1cncnc1N1CC2(CCN(C(=O)[C@@H]3CCCCN3)CC2)C1)C(C)C. The summed E-state index contributed by atoms with van der Waals surface area (Å²) in [6.45, 7) is 10.4. The molecule has 0 radical (unpaired) electrons. The molecule has 10 heteroatoms. The van der Waals surface area contributed by atoms with E-state index in [9.17, 15) is 14.0 Å². The third kappa shape index (κ3) is 5.71. The van der Waals surface area contributed by atoms with Gasteiger partial charge >= 0.3 is 0 Å². The van der Waals surface area contributed by atoms with Crippen molar-refractivity contribution in [3.8, 4) is 11.5 Å². The molecular weight excluding hydrogens is 499 g/mol. The van der Waals surface area contributed by atoms with Crippen LogP contribution >= 0.6 is 0 Å². The van der Waals surface area contributed by atoms with E-state index >= 15 is 0 Å². The Morgan fingerprint density at radius 3 is 2.64 bits per heavy atom. The Labute approximate surface area is 229 Å². The van der Waals surface area contributed by atoms with Crippen molar-refractivity contribution >= 4 is 17.6 Å².